The molecule has 0 saturated carbocycles. The summed E-state index contributed by atoms with van der Waals surface area (Å²) in [6.45, 7) is 3.98. The zero-order chi connectivity index (χ0) is 11.6. The lowest BCUT2D eigenvalue weighted by Crippen LogP contribution is -2.32. The number of hydrogen-bond donors (Lipinski definition) is 2. The molecule has 84 valence electrons. The zero-order valence-electron chi connectivity index (χ0n) is 8.93. The second-order valence-corrected chi connectivity index (χ2v) is 4.26. The maximum atomic E-state index is 10.9. The summed E-state index contributed by atoms with van der Waals surface area (Å²) in [4.78, 5) is 21.8. The van der Waals surface area contributed by atoms with E-state index in [0.29, 0.717) is 18.8 Å². The van der Waals surface area contributed by atoms with Crippen molar-refractivity contribution in [1.29, 1.82) is 0 Å². The first-order valence-electron chi connectivity index (χ1n) is 5.08. The van der Waals surface area contributed by atoms with Gasteiger partial charge < -0.3 is 10.2 Å². The molecule has 4 nitrogen and oxygen atoms in total. The summed E-state index contributed by atoms with van der Waals surface area (Å²) < 4.78 is 0. The zero-order valence-corrected chi connectivity index (χ0v) is 8.93. The second kappa shape index (κ2) is 4.47. The molecule has 0 saturated heterocycles. The second-order valence-electron chi connectivity index (χ2n) is 4.26. The molecule has 0 fully saturated rings. The van der Waals surface area contributed by atoms with Crippen LogP contribution >= 0.6 is 0 Å². The Hall–Kier alpha value is -1.32. The molecule has 2 atom stereocenters. The minimum absolute atomic E-state index is 0.293. The molecule has 4 heteroatoms. The van der Waals surface area contributed by atoms with Crippen LogP contribution < -0.4 is 0 Å². The van der Waals surface area contributed by atoms with Crippen molar-refractivity contribution in [3.05, 3.63) is 11.6 Å². The first kappa shape index (κ1) is 11.8. The molecule has 0 aliphatic heterocycles. The largest absolute Gasteiger partial charge is 0.481 e. The maximum absolute atomic E-state index is 10.9. The van der Waals surface area contributed by atoms with Gasteiger partial charge in [-0.25, -0.2) is 0 Å². The lowest BCUT2D eigenvalue weighted by atomic mass is 9.77. The van der Waals surface area contributed by atoms with Gasteiger partial charge in [0.2, 0.25) is 0 Å². The van der Waals surface area contributed by atoms with E-state index in [4.69, 9.17) is 10.2 Å². The SMILES string of the molecule is CC(C)C1=CC[C@@H](C(=O)O)[C@@H](C(=O)O)C1. The van der Waals surface area contributed by atoms with E-state index >= 15 is 0 Å². The minimum Gasteiger partial charge on any atom is -0.481 e. The fourth-order valence-electron chi connectivity index (χ4n) is 1.93. The van der Waals surface area contributed by atoms with Crippen LogP contribution in [0.4, 0.5) is 0 Å². The van der Waals surface area contributed by atoms with Gasteiger partial charge in [0.15, 0.2) is 0 Å². The third-order valence-corrected chi connectivity index (χ3v) is 2.95. The molecule has 0 spiro atoms. The lowest BCUT2D eigenvalue weighted by Gasteiger charge is -2.27. The molecule has 0 aromatic heterocycles. The number of aliphatic carboxylic acids is 2. The van der Waals surface area contributed by atoms with Crippen LogP contribution in [0.1, 0.15) is 26.7 Å². The molecule has 1 aliphatic carbocycles. The van der Waals surface area contributed by atoms with Crippen LogP contribution in [-0.2, 0) is 9.59 Å². The van der Waals surface area contributed by atoms with Crippen LogP contribution in [0.25, 0.3) is 0 Å². The molecule has 15 heavy (non-hydrogen) atoms. The highest BCUT2D eigenvalue weighted by Crippen LogP contribution is 2.33. The highest BCUT2D eigenvalue weighted by atomic mass is 16.4. The van der Waals surface area contributed by atoms with Gasteiger partial charge in [-0.15, -0.1) is 0 Å². The van der Waals surface area contributed by atoms with E-state index in [1.807, 2.05) is 19.9 Å². The van der Waals surface area contributed by atoms with Gasteiger partial charge in [-0.2, -0.15) is 0 Å². The van der Waals surface area contributed by atoms with E-state index in [-0.39, 0.29) is 0 Å². The standard InChI is InChI=1S/C11H16O4/c1-6(2)7-3-4-8(10(12)13)9(5-7)11(14)15/h3,6,8-9H,4-5H2,1-2H3,(H,12,13)(H,14,15)/t8-,9+/m1/s1. The molecular formula is C11H16O4. The summed E-state index contributed by atoms with van der Waals surface area (Å²) in [6, 6.07) is 0. The third kappa shape index (κ3) is 2.58. The Morgan fingerprint density at radius 2 is 1.80 bits per heavy atom. The van der Waals surface area contributed by atoms with Gasteiger partial charge in [0.05, 0.1) is 11.8 Å². The monoisotopic (exact) mass is 212 g/mol. The molecule has 1 aliphatic rings. The smallest absolute Gasteiger partial charge is 0.307 e. The molecule has 1 rings (SSSR count). The van der Waals surface area contributed by atoms with Crippen molar-refractivity contribution >= 4 is 11.9 Å². The van der Waals surface area contributed by atoms with Crippen LogP contribution in [0.2, 0.25) is 0 Å². The predicted octanol–water partition coefficient (Wildman–Crippen LogP) is 1.76. The molecule has 0 heterocycles. The van der Waals surface area contributed by atoms with Gasteiger partial charge in [-0.3, -0.25) is 9.59 Å². The van der Waals surface area contributed by atoms with Crippen molar-refractivity contribution in [2.75, 3.05) is 0 Å². The summed E-state index contributed by atoms with van der Waals surface area (Å²) in [5.74, 6) is -3.27. The predicted molar refractivity (Wildman–Crippen MR) is 54.4 cm³/mol. The average Bonchev–Trinajstić information content (AvgIpc) is 2.16. The van der Waals surface area contributed by atoms with Gasteiger partial charge in [0.25, 0.3) is 0 Å². The topological polar surface area (TPSA) is 74.6 Å². The van der Waals surface area contributed by atoms with Crippen LogP contribution in [0.3, 0.4) is 0 Å². The van der Waals surface area contributed by atoms with E-state index in [0.717, 1.165) is 5.57 Å². The average molecular weight is 212 g/mol. The highest BCUT2D eigenvalue weighted by molar-refractivity contribution is 5.80. The van der Waals surface area contributed by atoms with Crippen molar-refractivity contribution < 1.29 is 19.8 Å². The number of hydrogen-bond acceptors (Lipinski definition) is 2. The van der Waals surface area contributed by atoms with Crippen molar-refractivity contribution in [3.63, 3.8) is 0 Å². The van der Waals surface area contributed by atoms with Gasteiger partial charge >= 0.3 is 11.9 Å². The van der Waals surface area contributed by atoms with Gasteiger partial charge in [-0.05, 0) is 18.8 Å². The fraction of sp³-hybridized carbons (Fsp3) is 0.636. The summed E-state index contributed by atoms with van der Waals surface area (Å²) >= 11 is 0. The van der Waals surface area contributed by atoms with E-state index in [9.17, 15) is 9.59 Å². The van der Waals surface area contributed by atoms with Crippen LogP contribution in [0, 0.1) is 17.8 Å². The lowest BCUT2D eigenvalue weighted by molar-refractivity contribution is -0.154. The summed E-state index contributed by atoms with van der Waals surface area (Å²) in [6.07, 6.45) is 2.58. The summed E-state index contributed by atoms with van der Waals surface area (Å²) in [5, 5.41) is 17.9. The molecule has 0 aromatic carbocycles. The first-order valence-corrected chi connectivity index (χ1v) is 5.08. The van der Waals surface area contributed by atoms with E-state index in [1.54, 1.807) is 0 Å². The van der Waals surface area contributed by atoms with Crippen LogP contribution in [0.5, 0.6) is 0 Å². The van der Waals surface area contributed by atoms with Crippen molar-refractivity contribution in [3.8, 4) is 0 Å². The van der Waals surface area contributed by atoms with Crippen LogP contribution in [0.15, 0.2) is 11.6 Å². The molecule has 2 N–H and O–H groups in total. The summed E-state index contributed by atoms with van der Waals surface area (Å²) in [7, 11) is 0. The number of carboxylic acids is 2. The van der Waals surface area contributed by atoms with Gasteiger partial charge in [-0.1, -0.05) is 25.5 Å². The first-order chi connectivity index (χ1) is 6.93. The number of carbonyl (C=O) groups is 2. The van der Waals surface area contributed by atoms with Crippen molar-refractivity contribution in [2.45, 2.75) is 26.7 Å². The minimum atomic E-state index is -1.01. The molecular weight excluding hydrogens is 196 g/mol. The number of carboxylic acid groups (broad SMARTS) is 2. The fourth-order valence-corrected chi connectivity index (χ4v) is 1.93. The molecule has 0 amide bonds. The Balaban J connectivity index is 2.87. The normalized spacial score (nSPS) is 26.2. The number of rotatable bonds is 3. The van der Waals surface area contributed by atoms with Crippen molar-refractivity contribution in [1.82, 2.24) is 0 Å². The van der Waals surface area contributed by atoms with E-state index < -0.39 is 23.8 Å². The highest BCUT2D eigenvalue weighted by Gasteiger charge is 2.36. The molecule has 0 bridgehead atoms. The molecule has 0 aromatic rings. The van der Waals surface area contributed by atoms with E-state index in [1.165, 1.54) is 0 Å². The molecule has 0 radical (unpaired) electrons. The Kier molecular flexibility index (Phi) is 3.50. The Labute approximate surface area is 88.6 Å². The third-order valence-electron chi connectivity index (χ3n) is 2.95. The van der Waals surface area contributed by atoms with Gasteiger partial charge in [0, 0.05) is 0 Å². The number of allylic oxidation sites excluding steroid dienone is 2. The van der Waals surface area contributed by atoms with Gasteiger partial charge in [0.1, 0.15) is 0 Å². The van der Waals surface area contributed by atoms with Crippen molar-refractivity contribution in [2.24, 2.45) is 17.8 Å². The Morgan fingerprint density at radius 3 is 2.20 bits per heavy atom. The Morgan fingerprint density at radius 1 is 1.27 bits per heavy atom. The maximum Gasteiger partial charge on any atom is 0.307 e. The quantitative estimate of drug-likeness (QED) is 0.699. The Bertz CT molecular complexity index is 304. The van der Waals surface area contributed by atoms with Crippen LogP contribution in [-0.4, -0.2) is 22.2 Å². The molecule has 0 unspecified atom stereocenters. The van der Waals surface area contributed by atoms with E-state index in [2.05, 4.69) is 0 Å². The summed E-state index contributed by atoms with van der Waals surface area (Å²) in [5.41, 5.74) is 1.06.